The summed E-state index contributed by atoms with van der Waals surface area (Å²) in [5.41, 5.74) is 0.964. The molecule has 0 aliphatic carbocycles. The Kier molecular flexibility index (Phi) is 4.29. The summed E-state index contributed by atoms with van der Waals surface area (Å²) >= 11 is 0. The average Bonchev–Trinajstić information content (AvgIpc) is 2.46. The van der Waals surface area contributed by atoms with Gasteiger partial charge in [-0.15, -0.1) is 0 Å². The molecule has 0 unspecified atom stereocenters. The third kappa shape index (κ3) is 3.29. The molecule has 1 aromatic carbocycles. The summed E-state index contributed by atoms with van der Waals surface area (Å²) in [6.45, 7) is 2.19. The smallest absolute Gasteiger partial charge is 0.254 e. The Labute approximate surface area is 119 Å². The fraction of sp³-hybridized carbons (Fsp3) is 0.462. The first-order valence-corrected chi connectivity index (χ1v) is 8.15. The summed E-state index contributed by atoms with van der Waals surface area (Å²) in [6, 6.07) is 6.64. The second-order valence-corrected chi connectivity index (χ2v) is 6.70. The predicted molar refractivity (Wildman–Crippen MR) is 76.4 cm³/mol. The minimum absolute atomic E-state index is 0.1000. The quantitative estimate of drug-likeness (QED) is 0.817. The summed E-state index contributed by atoms with van der Waals surface area (Å²) < 4.78 is 29.4. The van der Waals surface area contributed by atoms with Gasteiger partial charge in [-0.2, -0.15) is 0 Å². The number of sulfonamides is 1. The monoisotopic (exact) mass is 298 g/mol. The highest BCUT2D eigenvalue weighted by Gasteiger charge is 2.20. The highest BCUT2D eigenvalue weighted by atomic mass is 32.2. The van der Waals surface area contributed by atoms with Crippen LogP contribution in [0, 0.1) is 0 Å². The Morgan fingerprint density at radius 3 is 2.55 bits per heavy atom. The van der Waals surface area contributed by atoms with Gasteiger partial charge in [0.15, 0.2) is 0 Å². The normalized spacial score (nSPS) is 16.0. The van der Waals surface area contributed by atoms with Crippen molar-refractivity contribution in [2.75, 3.05) is 43.9 Å². The largest absolute Gasteiger partial charge is 0.378 e. The zero-order chi connectivity index (χ0) is 14.8. The van der Waals surface area contributed by atoms with Crippen LogP contribution in [0.15, 0.2) is 24.3 Å². The number of anilines is 1. The number of hydrogen-bond acceptors (Lipinski definition) is 4. The van der Waals surface area contributed by atoms with Crippen molar-refractivity contribution < 1.29 is 17.9 Å². The Balaban J connectivity index is 2.23. The van der Waals surface area contributed by atoms with Gasteiger partial charge < -0.3 is 9.64 Å². The fourth-order valence-electron chi connectivity index (χ4n) is 1.98. The highest BCUT2D eigenvalue weighted by molar-refractivity contribution is 7.92. The van der Waals surface area contributed by atoms with E-state index in [1.54, 1.807) is 29.2 Å². The first-order valence-electron chi connectivity index (χ1n) is 6.30. The predicted octanol–water partition coefficient (Wildman–Crippen LogP) is 0.555. The second kappa shape index (κ2) is 5.80. The van der Waals surface area contributed by atoms with Crippen LogP contribution in [0.4, 0.5) is 5.69 Å². The number of amides is 1. The second-order valence-electron chi connectivity index (χ2n) is 4.69. The van der Waals surface area contributed by atoms with Gasteiger partial charge in [-0.1, -0.05) is 6.07 Å². The summed E-state index contributed by atoms with van der Waals surface area (Å²) in [5.74, 6) is -0.1000. The SMILES string of the molecule is CN(c1cccc(C(=O)N2CCOCC2)c1)S(C)(=O)=O. The molecule has 0 atom stereocenters. The lowest BCUT2D eigenvalue weighted by Crippen LogP contribution is -2.40. The Bertz CT molecular complexity index is 594. The molecule has 6 nitrogen and oxygen atoms in total. The summed E-state index contributed by atoms with van der Waals surface area (Å²) in [6.07, 6.45) is 1.13. The molecule has 20 heavy (non-hydrogen) atoms. The minimum Gasteiger partial charge on any atom is -0.378 e. The highest BCUT2D eigenvalue weighted by Crippen LogP contribution is 2.18. The number of carbonyl (C=O) groups excluding carboxylic acids is 1. The van der Waals surface area contributed by atoms with Crippen molar-refractivity contribution in [1.29, 1.82) is 0 Å². The van der Waals surface area contributed by atoms with E-state index in [9.17, 15) is 13.2 Å². The molecule has 0 spiro atoms. The molecule has 110 valence electrons. The number of hydrogen-bond donors (Lipinski definition) is 0. The van der Waals surface area contributed by atoms with Gasteiger partial charge in [0.2, 0.25) is 10.0 Å². The number of benzene rings is 1. The maximum absolute atomic E-state index is 12.3. The van der Waals surface area contributed by atoms with E-state index in [0.29, 0.717) is 37.6 Å². The zero-order valence-corrected chi connectivity index (χ0v) is 12.4. The molecule has 0 aromatic heterocycles. The zero-order valence-electron chi connectivity index (χ0n) is 11.6. The van der Waals surface area contributed by atoms with Crippen molar-refractivity contribution in [1.82, 2.24) is 4.90 Å². The third-order valence-electron chi connectivity index (χ3n) is 3.25. The first-order chi connectivity index (χ1) is 9.39. The molecule has 0 N–H and O–H groups in total. The van der Waals surface area contributed by atoms with Crippen LogP contribution in [0.5, 0.6) is 0 Å². The van der Waals surface area contributed by atoms with Crippen molar-refractivity contribution in [3.05, 3.63) is 29.8 Å². The first kappa shape index (κ1) is 14.8. The van der Waals surface area contributed by atoms with Gasteiger partial charge in [0.05, 0.1) is 25.2 Å². The van der Waals surface area contributed by atoms with Crippen LogP contribution in [0.1, 0.15) is 10.4 Å². The average molecular weight is 298 g/mol. The van der Waals surface area contributed by atoms with Crippen molar-refractivity contribution in [2.24, 2.45) is 0 Å². The van der Waals surface area contributed by atoms with Crippen LogP contribution in [0.25, 0.3) is 0 Å². The van der Waals surface area contributed by atoms with Gasteiger partial charge in [0, 0.05) is 25.7 Å². The molecule has 0 radical (unpaired) electrons. The van der Waals surface area contributed by atoms with Gasteiger partial charge in [0.1, 0.15) is 0 Å². The van der Waals surface area contributed by atoms with Gasteiger partial charge in [-0.25, -0.2) is 8.42 Å². The van der Waals surface area contributed by atoms with Crippen molar-refractivity contribution in [3.63, 3.8) is 0 Å². The maximum Gasteiger partial charge on any atom is 0.254 e. The minimum atomic E-state index is -3.33. The molecule has 7 heteroatoms. The number of ether oxygens (including phenoxy) is 1. The van der Waals surface area contributed by atoms with E-state index in [2.05, 4.69) is 0 Å². The standard InChI is InChI=1S/C13H18N2O4S/c1-14(20(2,17)18)12-5-3-4-11(10-12)13(16)15-6-8-19-9-7-15/h3-5,10H,6-9H2,1-2H3. The Hall–Kier alpha value is -1.60. The molecule has 1 aromatic rings. The number of rotatable bonds is 3. The molecule has 1 aliphatic heterocycles. The van der Waals surface area contributed by atoms with Crippen LogP contribution in [0.3, 0.4) is 0 Å². The van der Waals surface area contributed by atoms with Crippen molar-refractivity contribution in [3.8, 4) is 0 Å². The summed E-state index contributed by atoms with van der Waals surface area (Å²) in [4.78, 5) is 14.0. The van der Waals surface area contributed by atoms with Crippen LogP contribution in [0.2, 0.25) is 0 Å². The van der Waals surface area contributed by atoms with Crippen LogP contribution >= 0.6 is 0 Å². The number of nitrogens with zero attached hydrogens (tertiary/aromatic N) is 2. The van der Waals surface area contributed by atoms with Gasteiger partial charge in [-0.3, -0.25) is 9.10 Å². The molecule has 1 heterocycles. The molecule has 0 saturated carbocycles. The lowest BCUT2D eigenvalue weighted by atomic mass is 10.1. The topological polar surface area (TPSA) is 66.9 Å². The third-order valence-corrected chi connectivity index (χ3v) is 4.46. The van der Waals surface area contributed by atoms with E-state index < -0.39 is 10.0 Å². The van der Waals surface area contributed by atoms with E-state index in [-0.39, 0.29) is 5.91 Å². The summed E-state index contributed by atoms with van der Waals surface area (Å²) in [7, 11) is -1.87. The lowest BCUT2D eigenvalue weighted by molar-refractivity contribution is 0.0303. The molecule has 2 rings (SSSR count). The van der Waals surface area contributed by atoms with E-state index >= 15 is 0 Å². The van der Waals surface area contributed by atoms with Crippen LogP contribution in [-0.2, 0) is 14.8 Å². The molecule has 1 fully saturated rings. The molecular formula is C13H18N2O4S. The van der Waals surface area contributed by atoms with E-state index in [1.165, 1.54) is 7.05 Å². The summed E-state index contributed by atoms with van der Waals surface area (Å²) in [5, 5.41) is 0. The van der Waals surface area contributed by atoms with Crippen molar-refractivity contribution in [2.45, 2.75) is 0 Å². The Morgan fingerprint density at radius 2 is 1.95 bits per heavy atom. The number of morpholine rings is 1. The van der Waals surface area contributed by atoms with Crippen LogP contribution in [-0.4, -0.2) is 58.8 Å². The molecular weight excluding hydrogens is 280 g/mol. The lowest BCUT2D eigenvalue weighted by Gasteiger charge is -2.27. The molecule has 1 aliphatic rings. The molecule has 1 amide bonds. The van der Waals surface area contributed by atoms with E-state index in [0.717, 1.165) is 10.6 Å². The van der Waals surface area contributed by atoms with Crippen molar-refractivity contribution >= 4 is 21.6 Å². The molecule has 0 bridgehead atoms. The van der Waals surface area contributed by atoms with Crippen LogP contribution < -0.4 is 4.31 Å². The number of carbonyl (C=O) groups is 1. The fourth-order valence-corrected chi connectivity index (χ4v) is 2.47. The van der Waals surface area contributed by atoms with Gasteiger partial charge in [0.25, 0.3) is 5.91 Å². The van der Waals surface area contributed by atoms with Gasteiger partial charge in [-0.05, 0) is 18.2 Å². The maximum atomic E-state index is 12.3. The molecule has 1 saturated heterocycles. The Morgan fingerprint density at radius 1 is 1.30 bits per heavy atom. The van der Waals surface area contributed by atoms with E-state index in [1.807, 2.05) is 0 Å². The van der Waals surface area contributed by atoms with Gasteiger partial charge >= 0.3 is 0 Å². The van der Waals surface area contributed by atoms with E-state index in [4.69, 9.17) is 4.74 Å².